The van der Waals surface area contributed by atoms with Gasteiger partial charge >= 0.3 is 5.97 Å². The first-order valence-corrected chi connectivity index (χ1v) is 9.78. The second-order valence-corrected chi connectivity index (χ2v) is 6.50. The Balaban J connectivity index is 0.00000155. The van der Waals surface area contributed by atoms with Gasteiger partial charge in [0.15, 0.2) is 5.82 Å². The van der Waals surface area contributed by atoms with Gasteiger partial charge in [0.1, 0.15) is 5.82 Å². The third kappa shape index (κ3) is 5.98. The number of hydrogen-bond donors (Lipinski definition) is 2. The van der Waals surface area contributed by atoms with Crippen molar-refractivity contribution in [1.82, 2.24) is 19.7 Å². The van der Waals surface area contributed by atoms with Crippen LogP contribution in [0.3, 0.4) is 0 Å². The summed E-state index contributed by atoms with van der Waals surface area (Å²) in [6.45, 7) is 6.35. The van der Waals surface area contributed by atoms with Crippen molar-refractivity contribution in [2.45, 2.75) is 20.4 Å². The molecule has 1 aromatic carbocycles. The van der Waals surface area contributed by atoms with Crippen LogP contribution in [0, 0.1) is 5.82 Å². The van der Waals surface area contributed by atoms with Gasteiger partial charge in [-0.3, -0.25) is 9.67 Å². The summed E-state index contributed by atoms with van der Waals surface area (Å²) >= 11 is 0. The third-order valence-corrected chi connectivity index (χ3v) is 4.15. The maximum atomic E-state index is 13.8. The predicted molar refractivity (Wildman–Crippen MR) is 115 cm³/mol. The van der Waals surface area contributed by atoms with Gasteiger partial charge in [-0.1, -0.05) is 13.8 Å². The second kappa shape index (κ2) is 11.2. The summed E-state index contributed by atoms with van der Waals surface area (Å²) in [6.07, 6.45) is 2.80. The molecule has 0 saturated heterocycles. The number of pyridine rings is 1. The molecule has 0 atom stereocenters. The molecule has 0 radical (unpaired) electrons. The minimum Gasteiger partial charge on any atom is -0.478 e. The lowest BCUT2D eigenvalue weighted by Gasteiger charge is -2.10. The number of fused-ring (bicyclic) bond motifs is 1. The number of carboxylic acid groups (broad SMARTS) is 1. The summed E-state index contributed by atoms with van der Waals surface area (Å²) in [4.78, 5) is 17.4. The van der Waals surface area contributed by atoms with Crippen molar-refractivity contribution >= 4 is 28.4 Å². The molecule has 0 aliphatic rings. The summed E-state index contributed by atoms with van der Waals surface area (Å²) in [6, 6.07) is 5.77. The molecule has 0 amide bonds. The summed E-state index contributed by atoms with van der Waals surface area (Å²) in [5, 5.41) is 17.3. The Morgan fingerprint density at radius 2 is 2.03 bits per heavy atom. The maximum Gasteiger partial charge on any atom is 0.337 e. The summed E-state index contributed by atoms with van der Waals surface area (Å²) in [7, 11) is 3.95. The van der Waals surface area contributed by atoms with Crippen LogP contribution in [0.15, 0.2) is 36.7 Å². The van der Waals surface area contributed by atoms with Crippen LogP contribution in [-0.2, 0) is 11.3 Å². The van der Waals surface area contributed by atoms with Gasteiger partial charge in [0.05, 0.1) is 42.7 Å². The molecule has 0 bridgehead atoms. The van der Waals surface area contributed by atoms with Crippen LogP contribution in [0.4, 0.5) is 15.9 Å². The number of ether oxygens (including phenoxy) is 1. The highest BCUT2D eigenvalue weighted by Crippen LogP contribution is 2.28. The molecule has 0 spiro atoms. The zero-order chi connectivity index (χ0) is 22.1. The third-order valence-electron chi connectivity index (χ3n) is 4.15. The smallest absolute Gasteiger partial charge is 0.337 e. The molecule has 3 rings (SSSR count). The van der Waals surface area contributed by atoms with E-state index in [0.717, 1.165) is 12.1 Å². The first-order chi connectivity index (χ1) is 14.5. The minimum absolute atomic E-state index is 0.0566. The van der Waals surface area contributed by atoms with E-state index in [2.05, 4.69) is 15.4 Å². The highest BCUT2D eigenvalue weighted by atomic mass is 19.1. The number of nitrogens with zero attached hydrogens (tertiary/aromatic N) is 4. The van der Waals surface area contributed by atoms with Gasteiger partial charge in [0.25, 0.3) is 0 Å². The summed E-state index contributed by atoms with van der Waals surface area (Å²) in [5.74, 6) is -1.13. The normalized spacial score (nSPS) is 10.7. The number of aromatic nitrogens is 3. The maximum absolute atomic E-state index is 13.8. The van der Waals surface area contributed by atoms with E-state index in [9.17, 15) is 14.3 Å². The fourth-order valence-corrected chi connectivity index (χ4v) is 2.72. The molecule has 2 aromatic heterocycles. The van der Waals surface area contributed by atoms with Gasteiger partial charge in [0.2, 0.25) is 0 Å². The number of aromatic carboxylic acids is 1. The summed E-state index contributed by atoms with van der Waals surface area (Å²) in [5.41, 5.74) is 1.06. The number of carbonyl (C=O) groups is 1. The van der Waals surface area contributed by atoms with Crippen molar-refractivity contribution in [2.75, 3.05) is 39.2 Å². The Bertz CT molecular complexity index is 974. The van der Waals surface area contributed by atoms with E-state index >= 15 is 0 Å². The number of rotatable bonds is 9. The monoisotopic (exact) mass is 417 g/mol. The number of nitrogens with one attached hydrogen (secondary N) is 1. The molecule has 0 saturated carbocycles. The highest BCUT2D eigenvalue weighted by Gasteiger charge is 2.15. The molecule has 162 valence electrons. The van der Waals surface area contributed by atoms with E-state index in [1.165, 1.54) is 30.6 Å². The summed E-state index contributed by atoms with van der Waals surface area (Å²) < 4.78 is 21.1. The lowest BCUT2D eigenvalue weighted by Crippen LogP contribution is -2.19. The molecule has 0 fully saturated rings. The molecular formula is C21H28FN5O3. The molecule has 0 unspecified atom stereocenters. The van der Waals surface area contributed by atoms with E-state index < -0.39 is 11.8 Å². The van der Waals surface area contributed by atoms with Crippen molar-refractivity contribution in [2.24, 2.45) is 0 Å². The molecule has 3 aromatic rings. The second-order valence-electron chi connectivity index (χ2n) is 6.50. The number of benzene rings is 1. The van der Waals surface area contributed by atoms with Crippen LogP contribution in [0.2, 0.25) is 0 Å². The average molecular weight is 417 g/mol. The molecule has 0 aliphatic carbocycles. The Labute approximate surface area is 175 Å². The predicted octanol–water partition coefficient (Wildman–Crippen LogP) is 3.62. The standard InChI is InChI=1S/C19H22FN5O3.C2H6/c1-24(2)7-9-28-10-8-25-17-4-3-13(20)11-15(17)18(23-25)22-16-12-21-6-5-14(16)19(26)27;1-2/h3-6,11-12H,7-10H2,1-2H3,(H,22,23)(H,26,27);1-2H3. The fraction of sp³-hybridized carbons (Fsp3) is 0.381. The number of halogens is 1. The Morgan fingerprint density at radius 3 is 2.73 bits per heavy atom. The van der Waals surface area contributed by atoms with Crippen LogP contribution >= 0.6 is 0 Å². The van der Waals surface area contributed by atoms with Gasteiger partial charge in [-0.2, -0.15) is 5.10 Å². The molecule has 2 N–H and O–H groups in total. The fourth-order valence-electron chi connectivity index (χ4n) is 2.72. The molecule has 9 heteroatoms. The topological polar surface area (TPSA) is 92.5 Å². The largest absolute Gasteiger partial charge is 0.478 e. The number of anilines is 2. The lowest BCUT2D eigenvalue weighted by molar-refractivity contribution is 0.0698. The van der Waals surface area contributed by atoms with Gasteiger partial charge < -0.3 is 20.1 Å². The van der Waals surface area contributed by atoms with Gasteiger partial charge in [-0.25, -0.2) is 9.18 Å². The Kier molecular flexibility index (Phi) is 8.70. The zero-order valence-corrected chi connectivity index (χ0v) is 17.7. The first-order valence-electron chi connectivity index (χ1n) is 9.78. The molecule has 0 aliphatic heterocycles. The van der Waals surface area contributed by atoms with Crippen molar-refractivity contribution in [1.29, 1.82) is 0 Å². The van der Waals surface area contributed by atoms with E-state index in [1.54, 1.807) is 10.7 Å². The van der Waals surface area contributed by atoms with Crippen molar-refractivity contribution < 1.29 is 19.0 Å². The molecule has 30 heavy (non-hydrogen) atoms. The van der Waals surface area contributed by atoms with Gasteiger partial charge in [0, 0.05) is 18.1 Å². The van der Waals surface area contributed by atoms with Crippen LogP contribution in [-0.4, -0.2) is 64.6 Å². The van der Waals surface area contributed by atoms with E-state index in [4.69, 9.17) is 4.74 Å². The molecule has 8 nitrogen and oxygen atoms in total. The number of carboxylic acids is 1. The van der Waals surface area contributed by atoms with E-state index in [1.807, 2.05) is 32.8 Å². The zero-order valence-electron chi connectivity index (χ0n) is 17.7. The Hall–Kier alpha value is -3.04. The minimum atomic E-state index is -1.09. The van der Waals surface area contributed by atoms with Crippen molar-refractivity contribution in [3.63, 3.8) is 0 Å². The SMILES string of the molecule is CC.CN(C)CCOCCn1nc(Nc2cnccc2C(=O)O)c2cc(F)ccc21. The number of likely N-dealkylation sites (N-methyl/N-ethyl adjacent to an activating group) is 1. The van der Waals surface area contributed by atoms with Crippen LogP contribution < -0.4 is 5.32 Å². The van der Waals surface area contributed by atoms with Crippen LogP contribution in [0.1, 0.15) is 24.2 Å². The van der Waals surface area contributed by atoms with E-state index in [0.29, 0.717) is 31.0 Å². The molecule has 2 heterocycles. The van der Waals surface area contributed by atoms with Gasteiger partial charge in [-0.15, -0.1) is 0 Å². The van der Waals surface area contributed by atoms with E-state index in [-0.39, 0.29) is 11.3 Å². The lowest BCUT2D eigenvalue weighted by atomic mass is 10.2. The average Bonchev–Trinajstić information content (AvgIpc) is 3.06. The van der Waals surface area contributed by atoms with Gasteiger partial charge in [-0.05, 0) is 38.4 Å². The molecular weight excluding hydrogens is 389 g/mol. The van der Waals surface area contributed by atoms with Crippen molar-refractivity contribution in [3.8, 4) is 0 Å². The Morgan fingerprint density at radius 1 is 1.27 bits per heavy atom. The van der Waals surface area contributed by atoms with Crippen LogP contribution in [0.25, 0.3) is 10.9 Å². The van der Waals surface area contributed by atoms with Crippen molar-refractivity contribution in [3.05, 3.63) is 48.0 Å². The number of hydrogen-bond acceptors (Lipinski definition) is 6. The van der Waals surface area contributed by atoms with Crippen LogP contribution in [0.5, 0.6) is 0 Å². The quantitative estimate of drug-likeness (QED) is 0.514. The highest BCUT2D eigenvalue weighted by molar-refractivity contribution is 5.97. The first kappa shape index (κ1) is 23.2.